The molecule has 0 fully saturated rings. The SMILES string of the molecule is NC(N)(Cc1ccc2ccccc2n1)c1ccc2ccccc2n1. The van der Waals surface area contributed by atoms with Crippen LogP contribution >= 0.6 is 0 Å². The summed E-state index contributed by atoms with van der Waals surface area (Å²) < 4.78 is 0. The zero-order chi connectivity index (χ0) is 16.6. The minimum atomic E-state index is -1.07. The Bertz CT molecular complexity index is 1020. The molecule has 2 aromatic carbocycles. The molecule has 4 N–H and O–H groups in total. The zero-order valence-corrected chi connectivity index (χ0v) is 13.2. The van der Waals surface area contributed by atoms with Crippen LogP contribution in [0.1, 0.15) is 11.4 Å². The minimum Gasteiger partial charge on any atom is -0.308 e. The van der Waals surface area contributed by atoms with Gasteiger partial charge in [-0.05, 0) is 24.3 Å². The van der Waals surface area contributed by atoms with Crippen LogP contribution in [0.15, 0.2) is 72.8 Å². The van der Waals surface area contributed by atoms with E-state index < -0.39 is 5.66 Å². The van der Waals surface area contributed by atoms with Crippen molar-refractivity contribution in [3.63, 3.8) is 0 Å². The Morgan fingerprint density at radius 1 is 0.667 bits per heavy atom. The molecule has 4 nitrogen and oxygen atoms in total. The standard InChI is InChI=1S/C20H18N4/c21-20(22,19-12-10-15-6-2-4-8-18(15)24-19)13-16-11-9-14-5-1-3-7-17(14)23-16/h1-12H,13,21-22H2. The lowest BCUT2D eigenvalue weighted by Gasteiger charge is -2.24. The number of para-hydroxylation sites is 2. The minimum absolute atomic E-state index is 0.420. The number of hydrogen-bond donors (Lipinski definition) is 2. The van der Waals surface area contributed by atoms with Crippen molar-refractivity contribution in [3.8, 4) is 0 Å². The number of pyridine rings is 2. The van der Waals surface area contributed by atoms with Crippen LogP contribution in [0.4, 0.5) is 0 Å². The van der Waals surface area contributed by atoms with Crippen molar-refractivity contribution in [1.82, 2.24) is 9.97 Å². The molecule has 0 saturated carbocycles. The summed E-state index contributed by atoms with van der Waals surface area (Å²) in [6.07, 6.45) is 0.420. The molecule has 4 heteroatoms. The Kier molecular flexibility index (Phi) is 3.49. The lowest BCUT2D eigenvalue weighted by atomic mass is 9.99. The third kappa shape index (κ3) is 2.73. The second-order valence-corrected chi connectivity index (χ2v) is 6.10. The van der Waals surface area contributed by atoms with Gasteiger partial charge in [0.15, 0.2) is 0 Å². The van der Waals surface area contributed by atoms with Crippen LogP contribution in [0.2, 0.25) is 0 Å². The van der Waals surface area contributed by atoms with Gasteiger partial charge in [-0.2, -0.15) is 0 Å². The molecule has 4 rings (SSSR count). The third-order valence-corrected chi connectivity index (χ3v) is 4.21. The monoisotopic (exact) mass is 314 g/mol. The smallest absolute Gasteiger partial charge is 0.113 e. The molecule has 0 amide bonds. The molecular weight excluding hydrogens is 296 g/mol. The van der Waals surface area contributed by atoms with Gasteiger partial charge in [0.2, 0.25) is 0 Å². The summed E-state index contributed by atoms with van der Waals surface area (Å²) in [6.45, 7) is 0. The highest BCUT2D eigenvalue weighted by atomic mass is 15.0. The van der Waals surface area contributed by atoms with Gasteiger partial charge in [-0.15, -0.1) is 0 Å². The fraction of sp³-hybridized carbons (Fsp3) is 0.100. The predicted octanol–water partition coefficient (Wildman–Crippen LogP) is 3.10. The van der Waals surface area contributed by atoms with E-state index in [-0.39, 0.29) is 0 Å². The molecule has 2 aromatic heterocycles. The summed E-state index contributed by atoms with van der Waals surface area (Å²) in [5.41, 5.74) is 15.0. The van der Waals surface area contributed by atoms with Crippen molar-refractivity contribution in [2.45, 2.75) is 12.1 Å². The van der Waals surface area contributed by atoms with E-state index in [9.17, 15) is 0 Å². The molecule has 0 aliphatic heterocycles. The van der Waals surface area contributed by atoms with Gasteiger partial charge in [0.05, 0.1) is 16.7 Å². The van der Waals surface area contributed by atoms with E-state index in [1.807, 2.05) is 72.8 Å². The molecule has 2 heterocycles. The van der Waals surface area contributed by atoms with E-state index in [0.717, 1.165) is 27.5 Å². The average molecular weight is 314 g/mol. The maximum Gasteiger partial charge on any atom is 0.113 e. The van der Waals surface area contributed by atoms with Gasteiger partial charge in [-0.1, -0.05) is 48.5 Å². The van der Waals surface area contributed by atoms with Crippen LogP contribution < -0.4 is 11.5 Å². The Labute approximate surface area is 140 Å². The molecule has 24 heavy (non-hydrogen) atoms. The van der Waals surface area contributed by atoms with E-state index in [0.29, 0.717) is 12.1 Å². The molecule has 118 valence electrons. The van der Waals surface area contributed by atoms with Crippen molar-refractivity contribution >= 4 is 21.8 Å². The summed E-state index contributed by atoms with van der Waals surface area (Å²) in [5, 5.41) is 2.17. The summed E-state index contributed by atoms with van der Waals surface area (Å²) in [4.78, 5) is 9.29. The summed E-state index contributed by atoms with van der Waals surface area (Å²) in [5.74, 6) is 0. The third-order valence-electron chi connectivity index (χ3n) is 4.21. The van der Waals surface area contributed by atoms with E-state index in [2.05, 4.69) is 9.97 Å². The van der Waals surface area contributed by atoms with Crippen LogP contribution in [0, 0.1) is 0 Å². The number of hydrogen-bond acceptors (Lipinski definition) is 4. The number of aromatic nitrogens is 2. The van der Waals surface area contributed by atoms with E-state index >= 15 is 0 Å². The number of fused-ring (bicyclic) bond motifs is 2. The fourth-order valence-electron chi connectivity index (χ4n) is 2.92. The van der Waals surface area contributed by atoms with Gasteiger partial charge in [0.1, 0.15) is 5.66 Å². The molecule has 0 unspecified atom stereocenters. The largest absolute Gasteiger partial charge is 0.308 e. The highest BCUT2D eigenvalue weighted by Gasteiger charge is 2.25. The lowest BCUT2D eigenvalue weighted by molar-refractivity contribution is 0.444. The average Bonchev–Trinajstić information content (AvgIpc) is 2.61. The maximum absolute atomic E-state index is 6.38. The first-order valence-corrected chi connectivity index (χ1v) is 7.90. The van der Waals surface area contributed by atoms with Gasteiger partial charge in [0, 0.05) is 22.9 Å². The molecule has 0 radical (unpaired) electrons. The van der Waals surface area contributed by atoms with E-state index in [4.69, 9.17) is 11.5 Å². The van der Waals surface area contributed by atoms with Crippen molar-refractivity contribution in [2.24, 2.45) is 11.5 Å². The Balaban J connectivity index is 1.69. The zero-order valence-electron chi connectivity index (χ0n) is 13.2. The van der Waals surface area contributed by atoms with Crippen molar-refractivity contribution in [2.75, 3.05) is 0 Å². The Morgan fingerprint density at radius 2 is 1.25 bits per heavy atom. The van der Waals surface area contributed by atoms with Gasteiger partial charge in [-0.3, -0.25) is 4.98 Å². The van der Waals surface area contributed by atoms with Crippen molar-refractivity contribution < 1.29 is 0 Å². The van der Waals surface area contributed by atoms with E-state index in [1.165, 1.54) is 0 Å². The molecule has 0 bridgehead atoms. The van der Waals surface area contributed by atoms with Gasteiger partial charge in [0.25, 0.3) is 0 Å². The molecule has 0 aliphatic rings. The van der Waals surface area contributed by atoms with Gasteiger partial charge >= 0.3 is 0 Å². The Hall–Kier alpha value is -2.82. The fourth-order valence-corrected chi connectivity index (χ4v) is 2.92. The van der Waals surface area contributed by atoms with Crippen molar-refractivity contribution in [1.29, 1.82) is 0 Å². The normalized spacial score (nSPS) is 11.9. The van der Waals surface area contributed by atoms with Crippen LogP contribution in [0.3, 0.4) is 0 Å². The molecular formula is C20H18N4. The molecule has 0 saturated heterocycles. The molecule has 0 atom stereocenters. The topological polar surface area (TPSA) is 77.8 Å². The number of nitrogens with zero attached hydrogens (tertiary/aromatic N) is 2. The van der Waals surface area contributed by atoms with Crippen LogP contribution in [-0.4, -0.2) is 9.97 Å². The first-order chi connectivity index (χ1) is 11.6. The molecule has 0 spiro atoms. The first kappa shape index (κ1) is 14.8. The summed E-state index contributed by atoms with van der Waals surface area (Å²) in [6, 6.07) is 23.8. The van der Waals surface area contributed by atoms with Crippen LogP contribution in [0.25, 0.3) is 21.8 Å². The summed E-state index contributed by atoms with van der Waals surface area (Å²) in [7, 11) is 0. The highest BCUT2D eigenvalue weighted by molar-refractivity contribution is 5.79. The Morgan fingerprint density at radius 3 is 1.96 bits per heavy atom. The number of nitrogens with two attached hydrogens (primary N) is 2. The molecule has 0 aliphatic carbocycles. The van der Waals surface area contributed by atoms with E-state index in [1.54, 1.807) is 0 Å². The quantitative estimate of drug-likeness (QED) is 0.570. The predicted molar refractivity (Wildman–Crippen MR) is 97.2 cm³/mol. The number of rotatable bonds is 3. The lowest BCUT2D eigenvalue weighted by Crippen LogP contribution is -2.48. The second kappa shape index (κ2) is 5.67. The maximum atomic E-state index is 6.38. The number of benzene rings is 2. The van der Waals surface area contributed by atoms with Gasteiger partial charge in [-0.25, -0.2) is 4.98 Å². The summed E-state index contributed by atoms with van der Waals surface area (Å²) >= 11 is 0. The first-order valence-electron chi connectivity index (χ1n) is 7.90. The molecule has 4 aromatic rings. The van der Waals surface area contributed by atoms with Crippen LogP contribution in [0.5, 0.6) is 0 Å². The second-order valence-electron chi connectivity index (χ2n) is 6.10. The van der Waals surface area contributed by atoms with Gasteiger partial charge < -0.3 is 11.5 Å². The van der Waals surface area contributed by atoms with Crippen LogP contribution in [-0.2, 0) is 12.1 Å². The highest BCUT2D eigenvalue weighted by Crippen LogP contribution is 2.21. The van der Waals surface area contributed by atoms with Crippen molar-refractivity contribution in [3.05, 3.63) is 84.2 Å².